The number of hydrogen-bond acceptors (Lipinski definition) is 2. The minimum Gasteiger partial charge on any atom is -0.388 e. The Kier molecular flexibility index (Phi) is 4.15. The van der Waals surface area contributed by atoms with Crippen LogP contribution in [0.3, 0.4) is 0 Å². The van der Waals surface area contributed by atoms with Gasteiger partial charge in [0.05, 0.1) is 5.60 Å². The first-order chi connectivity index (χ1) is 10.2. The Balaban J connectivity index is 1.50. The zero-order chi connectivity index (χ0) is 14.7. The summed E-state index contributed by atoms with van der Waals surface area (Å²) in [7, 11) is 1.78. The average molecular weight is 287 g/mol. The number of benzene rings is 1. The van der Waals surface area contributed by atoms with Crippen molar-refractivity contribution < 1.29 is 5.11 Å². The van der Waals surface area contributed by atoms with E-state index in [1.807, 2.05) is 0 Å². The molecule has 0 aliphatic heterocycles. The molecule has 3 N–H and O–H groups in total. The second-order valence-electron chi connectivity index (χ2n) is 6.32. The van der Waals surface area contributed by atoms with Crippen LogP contribution in [0.4, 0.5) is 0 Å². The molecule has 1 unspecified atom stereocenters. The van der Waals surface area contributed by atoms with Crippen molar-refractivity contribution in [3.05, 3.63) is 35.4 Å². The summed E-state index contributed by atoms with van der Waals surface area (Å²) >= 11 is 0. The number of guanidine groups is 1. The van der Waals surface area contributed by atoms with E-state index in [1.165, 1.54) is 24.0 Å². The molecule has 0 amide bonds. The normalized spacial score (nSPS) is 23.3. The van der Waals surface area contributed by atoms with Gasteiger partial charge < -0.3 is 15.7 Å². The highest BCUT2D eigenvalue weighted by atomic mass is 16.3. The van der Waals surface area contributed by atoms with Crippen LogP contribution in [0.2, 0.25) is 0 Å². The first kappa shape index (κ1) is 14.4. The zero-order valence-corrected chi connectivity index (χ0v) is 12.7. The van der Waals surface area contributed by atoms with Crippen molar-refractivity contribution >= 4 is 5.96 Å². The standard InChI is InChI=1S/C17H25N3O/c1-18-16(20-12-17(21)9-4-10-17)19-11-14-8-7-13-5-2-3-6-15(13)14/h2-3,5-6,14,21H,4,7-12H2,1H3,(H2,18,19,20). The van der Waals surface area contributed by atoms with Gasteiger partial charge in [-0.15, -0.1) is 0 Å². The number of aliphatic imine (C=N–C) groups is 1. The Bertz CT molecular complexity index is 523. The Morgan fingerprint density at radius 3 is 2.86 bits per heavy atom. The summed E-state index contributed by atoms with van der Waals surface area (Å²) in [5.41, 5.74) is 2.44. The maximum absolute atomic E-state index is 10.1. The molecule has 0 radical (unpaired) electrons. The lowest BCUT2D eigenvalue weighted by Gasteiger charge is -2.37. The Hall–Kier alpha value is -1.55. The summed E-state index contributed by atoms with van der Waals surface area (Å²) in [4.78, 5) is 4.25. The van der Waals surface area contributed by atoms with E-state index in [2.05, 4.69) is 39.9 Å². The molecule has 1 fully saturated rings. The van der Waals surface area contributed by atoms with Crippen LogP contribution < -0.4 is 10.6 Å². The summed E-state index contributed by atoms with van der Waals surface area (Å²) < 4.78 is 0. The molecular weight excluding hydrogens is 262 g/mol. The molecule has 1 saturated carbocycles. The molecule has 2 aliphatic carbocycles. The van der Waals surface area contributed by atoms with E-state index in [4.69, 9.17) is 0 Å². The molecule has 0 bridgehead atoms. The average Bonchev–Trinajstić information content (AvgIpc) is 2.89. The fraction of sp³-hybridized carbons (Fsp3) is 0.588. The van der Waals surface area contributed by atoms with Gasteiger partial charge in [0, 0.05) is 26.1 Å². The Morgan fingerprint density at radius 1 is 1.33 bits per heavy atom. The van der Waals surface area contributed by atoms with Crippen molar-refractivity contribution in [1.29, 1.82) is 0 Å². The van der Waals surface area contributed by atoms with Crippen LogP contribution in [0, 0.1) is 0 Å². The Labute approximate surface area is 126 Å². The number of aliphatic hydroxyl groups is 1. The van der Waals surface area contributed by atoms with Crippen molar-refractivity contribution in [1.82, 2.24) is 10.6 Å². The van der Waals surface area contributed by atoms with Gasteiger partial charge in [-0.3, -0.25) is 4.99 Å². The van der Waals surface area contributed by atoms with Gasteiger partial charge in [-0.2, -0.15) is 0 Å². The van der Waals surface area contributed by atoms with Gasteiger partial charge in [0.15, 0.2) is 5.96 Å². The lowest BCUT2D eigenvalue weighted by molar-refractivity contribution is -0.0279. The van der Waals surface area contributed by atoms with Gasteiger partial charge in [-0.1, -0.05) is 24.3 Å². The van der Waals surface area contributed by atoms with Gasteiger partial charge in [0.25, 0.3) is 0 Å². The van der Waals surface area contributed by atoms with Gasteiger partial charge in [0.2, 0.25) is 0 Å². The van der Waals surface area contributed by atoms with Crippen molar-refractivity contribution in [2.24, 2.45) is 4.99 Å². The minimum absolute atomic E-state index is 0.516. The number of rotatable bonds is 4. The monoisotopic (exact) mass is 287 g/mol. The molecule has 0 aromatic heterocycles. The number of aryl methyl sites for hydroxylation is 1. The van der Waals surface area contributed by atoms with Crippen molar-refractivity contribution in [2.75, 3.05) is 20.1 Å². The van der Waals surface area contributed by atoms with Gasteiger partial charge in [-0.25, -0.2) is 0 Å². The third-order valence-electron chi connectivity index (χ3n) is 4.87. The van der Waals surface area contributed by atoms with E-state index in [1.54, 1.807) is 7.05 Å². The maximum Gasteiger partial charge on any atom is 0.191 e. The molecular formula is C17H25N3O. The molecule has 1 atom stereocenters. The number of hydrogen-bond donors (Lipinski definition) is 3. The molecule has 4 heteroatoms. The topological polar surface area (TPSA) is 56.7 Å². The first-order valence-electron chi connectivity index (χ1n) is 7.95. The lowest BCUT2D eigenvalue weighted by atomic mass is 9.80. The van der Waals surface area contributed by atoms with Gasteiger partial charge in [-0.05, 0) is 43.2 Å². The predicted molar refractivity (Wildman–Crippen MR) is 85.7 cm³/mol. The van der Waals surface area contributed by atoms with Crippen molar-refractivity contribution in [3.63, 3.8) is 0 Å². The number of nitrogens with one attached hydrogen (secondary N) is 2. The second kappa shape index (κ2) is 6.06. The molecule has 1 aromatic carbocycles. The highest BCUT2D eigenvalue weighted by Crippen LogP contribution is 2.32. The summed E-state index contributed by atoms with van der Waals surface area (Å²) in [6.07, 6.45) is 5.30. The van der Waals surface area contributed by atoms with Crippen LogP contribution in [-0.2, 0) is 6.42 Å². The fourth-order valence-electron chi connectivity index (χ4n) is 3.31. The lowest BCUT2D eigenvalue weighted by Crippen LogP contribution is -2.51. The first-order valence-corrected chi connectivity index (χ1v) is 7.95. The SMILES string of the molecule is CN=C(NCC1CCc2ccccc21)NCC1(O)CCC1. The van der Waals surface area contributed by atoms with E-state index in [0.29, 0.717) is 12.5 Å². The molecule has 0 saturated heterocycles. The molecule has 0 heterocycles. The third-order valence-corrected chi connectivity index (χ3v) is 4.87. The number of nitrogens with zero attached hydrogens (tertiary/aromatic N) is 1. The third kappa shape index (κ3) is 3.21. The van der Waals surface area contributed by atoms with Gasteiger partial charge >= 0.3 is 0 Å². The maximum atomic E-state index is 10.1. The highest BCUT2D eigenvalue weighted by Gasteiger charge is 2.34. The molecule has 114 valence electrons. The van der Waals surface area contributed by atoms with Crippen LogP contribution >= 0.6 is 0 Å². The van der Waals surface area contributed by atoms with E-state index in [9.17, 15) is 5.11 Å². The molecule has 3 rings (SSSR count). The highest BCUT2D eigenvalue weighted by molar-refractivity contribution is 5.79. The predicted octanol–water partition coefficient (Wildman–Crippen LogP) is 1.80. The van der Waals surface area contributed by atoms with Crippen LogP contribution in [0.15, 0.2) is 29.3 Å². The second-order valence-corrected chi connectivity index (χ2v) is 6.32. The zero-order valence-electron chi connectivity index (χ0n) is 12.7. The Morgan fingerprint density at radius 2 is 2.14 bits per heavy atom. The van der Waals surface area contributed by atoms with Crippen LogP contribution in [-0.4, -0.2) is 36.8 Å². The molecule has 1 aromatic rings. The molecule has 21 heavy (non-hydrogen) atoms. The van der Waals surface area contributed by atoms with Crippen molar-refractivity contribution in [3.8, 4) is 0 Å². The minimum atomic E-state index is -0.516. The summed E-state index contributed by atoms with van der Waals surface area (Å²) in [5, 5.41) is 16.8. The van der Waals surface area contributed by atoms with Crippen LogP contribution in [0.25, 0.3) is 0 Å². The molecule has 0 spiro atoms. The van der Waals surface area contributed by atoms with Crippen molar-refractivity contribution in [2.45, 2.75) is 43.6 Å². The van der Waals surface area contributed by atoms with E-state index in [0.717, 1.165) is 31.8 Å². The summed E-state index contributed by atoms with van der Waals surface area (Å²) in [5.74, 6) is 1.35. The quantitative estimate of drug-likeness (QED) is 0.584. The molecule has 4 nitrogen and oxygen atoms in total. The van der Waals surface area contributed by atoms with E-state index in [-0.39, 0.29) is 0 Å². The van der Waals surface area contributed by atoms with Crippen LogP contribution in [0.1, 0.15) is 42.7 Å². The van der Waals surface area contributed by atoms with Gasteiger partial charge in [0.1, 0.15) is 0 Å². The smallest absolute Gasteiger partial charge is 0.191 e. The van der Waals surface area contributed by atoms with E-state index < -0.39 is 5.60 Å². The number of fused-ring (bicyclic) bond motifs is 1. The fourth-order valence-corrected chi connectivity index (χ4v) is 3.31. The largest absolute Gasteiger partial charge is 0.388 e. The van der Waals surface area contributed by atoms with Crippen LogP contribution in [0.5, 0.6) is 0 Å². The summed E-state index contributed by atoms with van der Waals surface area (Å²) in [6.45, 7) is 1.49. The van der Waals surface area contributed by atoms with E-state index >= 15 is 0 Å². The molecule has 2 aliphatic rings. The summed E-state index contributed by atoms with van der Waals surface area (Å²) in [6, 6.07) is 8.71.